The van der Waals surface area contributed by atoms with Gasteiger partial charge in [-0.1, -0.05) is 402 Å². The predicted molar refractivity (Wildman–Crippen MR) is 514 cm³/mol. The van der Waals surface area contributed by atoms with Gasteiger partial charge in [0, 0.05) is 32.9 Å². The molecule has 2 nitrogen and oxygen atoms in total. The molecule has 568 valence electrons. The Kier molecular flexibility index (Phi) is 18.3. The SMILES string of the molecule is CC(C)(C)c1ccc(-c2ccc(-c3ccc(-c4c5ccccc5c(-c5ccc(-c6ccc(-c7ccc8c(c7)c7ccccc7n8-c7ccccc7)cc6)cc5)c5ccccc45)cc3)cc2)cc1.Cc1cc(C)cc(-c2c3ccccc3c(-c3ccc(-c4ccc(-c5ccc6c(c5)c5ccccc5n6-c5ccccc5)cc4)cc3)c3ccccc23)c1. The zero-order valence-electron chi connectivity index (χ0n) is 67.9. The van der Waals surface area contributed by atoms with Crippen molar-refractivity contribution in [1.82, 2.24) is 9.13 Å². The molecule has 0 aliphatic heterocycles. The largest absolute Gasteiger partial charge is 0.309 e. The molecule has 0 aliphatic carbocycles. The second-order valence-corrected chi connectivity index (χ2v) is 33.2. The zero-order chi connectivity index (χ0) is 80.5. The maximum Gasteiger partial charge on any atom is 0.0541 e. The summed E-state index contributed by atoms with van der Waals surface area (Å²) >= 11 is 0. The van der Waals surface area contributed by atoms with Crippen molar-refractivity contribution in [2.24, 2.45) is 0 Å². The standard InChI is InChI=1S/C66H49N.C52H37N/c1-66(2,3)54-40-37-49(38-41-54)46-23-21-44(22-24-46)47-29-33-51(34-30-47)64-57-16-7-9-18-59(57)65(60-19-10-8-17-58(60)64)52-35-31-48(32-36-52)45-25-27-50(28-26-45)53-39-42-63-61(43-53)56-15-11-12-20-62(56)67(63)55-13-5-4-6-14-55;1-34-30-35(2)32-41(31-34)52-46-17-8-6-15-44(46)51(45-16-7-9-18-47(45)52)39-26-24-37(25-27-39)36-20-22-38(23-21-36)40-28-29-50-48(33-40)43-14-10-11-19-49(43)53(50)42-12-4-3-5-13-42/h4-43H,1-3H3;3-33H,1-2H3. The summed E-state index contributed by atoms with van der Waals surface area (Å²) in [5.41, 5.74) is 36.0. The summed E-state index contributed by atoms with van der Waals surface area (Å²) in [4.78, 5) is 0. The van der Waals surface area contributed by atoms with E-state index in [9.17, 15) is 0 Å². The molecule has 0 saturated heterocycles. The van der Waals surface area contributed by atoms with E-state index in [0.717, 1.165) is 0 Å². The van der Waals surface area contributed by atoms with Crippen molar-refractivity contribution in [1.29, 1.82) is 0 Å². The molecule has 0 radical (unpaired) electrons. The van der Waals surface area contributed by atoms with Crippen LogP contribution in [0.1, 0.15) is 37.5 Å². The maximum absolute atomic E-state index is 2.37. The average molecular weight is 1530 g/mol. The van der Waals surface area contributed by atoms with Gasteiger partial charge >= 0.3 is 0 Å². The first-order valence-electron chi connectivity index (χ1n) is 41.8. The van der Waals surface area contributed by atoms with Gasteiger partial charge in [-0.3, -0.25) is 0 Å². The van der Waals surface area contributed by atoms with Gasteiger partial charge in [0.2, 0.25) is 0 Å². The lowest BCUT2D eigenvalue weighted by atomic mass is 9.85. The van der Waals surface area contributed by atoms with Gasteiger partial charge < -0.3 is 9.13 Å². The van der Waals surface area contributed by atoms with E-state index < -0.39 is 0 Å². The fourth-order valence-electron chi connectivity index (χ4n) is 18.9. The van der Waals surface area contributed by atoms with Crippen LogP contribution in [0.25, 0.3) is 209 Å². The first-order valence-corrected chi connectivity index (χ1v) is 41.8. The van der Waals surface area contributed by atoms with Crippen molar-refractivity contribution in [3.63, 3.8) is 0 Å². The highest BCUT2D eigenvalue weighted by Gasteiger charge is 2.22. The smallest absolute Gasteiger partial charge is 0.0541 e. The van der Waals surface area contributed by atoms with Crippen LogP contribution in [0.4, 0.5) is 0 Å². The highest BCUT2D eigenvalue weighted by Crippen LogP contribution is 2.48. The monoisotopic (exact) mass is 1530 g/mol. The summed E-state index contributed by atoms with van der Waals surface area (Å²) < 4.78 is 4.74. The Balaban J connectivity index is 0.000000153. The van der Waals surface area contributed by atoms with Gasteiger partial charge in [0.15, 0.2) is 0 Å². The highest BCUT2D eigenvalue weighted by molar-refractivity contribution is 6.23. The molecule has 0 spiro atoms. The molecule has 0 N–H and O–H groups in total. The molecule has 22 rings (SSSR count). The number of aromatic nitrogens is 2. The zero-order valence-corrected chi connectivity index (χ0v) is 67.9. The molecule has 120 heavy (non-hydrogen) atoms. The second kappa shape index (κ2) is 30.3. The Hall–Kier alpha value is -15.0. The van der Waals surface area contributed by atoms with Crippen molar-refractivity contribution in [2.45, 2.75) is 40.0 Å². The van der Waals surface area contributed by atoms with E-state index >= 15 is 0 Å². The molecule has 2 heteroatoms. The Morgan fingerprint density at radius 3 is 0.642 bits per heavy atom. The third-order valence-corrected chi connectivity index (χ3v) is 24.7. The lowest BCUT2D eigenvalue weighted by Gasteiger charge is -2.19. The van der Waals surface area contributed by atoms with E-state index in [1.807, 2.05) is 0 Å². The summed E-state index contributed by atoms with van der Waals surface area (Å²) in [6.45, 7) is 11.2. The summed E-state index contributed by atoms with van der Waals surface area (Å²) in [5.74, 6) is 0. The van der Waals surface area contributed by atoms with Crippen molar-refractivity contribution in [3.8, 4) is 123 Å². The molecule has 0 bridgehead atoms. The van der Waals surface area contributed by atoms with Crippen molar-refractivity contribution in [3.05, 3.63) is 447 Å². The minimum absolute atomic E-state index is 0.144. The molecule has 0 amide bonds. The summed E-state index contributed by atoms with van der Waals surface area (Å²) in [6, 6.07) is 158. The van der Waals surface area contributed by atoms with Gasteiger partial charge in [-0.2, -0.15) is 0 Å². The molecule has 0 aliphatic rings. The first kappa shape index (κ1) is 72.7. The first-order chi connectivity index (χ1) is 59.0. The molecule has 22 aromatic rings. The lowest BCUT2D eigenvalue weighted by molar-refractivity contribution is 0.590. The normalized spacial score (nSPS) is 11.7. The Morgan fingerprint density at radius 2 is 0.367 bits per heavy atom. The van der Waals surface area contributed by atoms with Gasteiger partial charge in [0.1, 0.15) is 0 Å². The summed E-state index contributed by atoms with van der Waals surface area (Å²) in [6.07, 6.45) is 0. The van der Waals surface area contributed by atoms with Gasteiger partial charge in [0.05, 0.1) is 22.1 Å². The average Bonchev–Trinajstić information content (AvgIpc) is 1.68. The maximum atomic E-state index is 2.37. The molecular formula is C118H86N2. The Labute approximate surface area is 701 Å². The molecule has 0 atom stereocenters. The van der Waals surface area contributed by atoms with E-state index in [2.05, 4.69) is 474 Å². The van der Waals surface area contributed by atoms with Gasteiger partial charge in [-0.25, -0.2) is 0 Å². The van der Waals surface area contributed by atoms with E-state index in [1.54, 1.807) is 0 Å². The van der Waals surface area contributed by atoms with Crippen LogP contribution in [0.2, 0.25) is 0 Å². The molecular weight excluding hydrogens is 1450 g/mol. The predicted octanol–water partition coefficient (Wildman–Crippen LogP) is 32.8. The lowest BCUT2D eigenvalue weighted by Crippen LogP contribution is -2.10. The van der Waals surface area contributed by atoms with Crippen LogP contribution in [0.5, 0.6) is 0 Å². The second-order valence-electron chi connectivity index (χ2n) is 33.2. The van der Waals surface area contributed by atoms with Crippen LogP contribution in [0.3, 0.4) is 0 Å². The van der Waals surface area contributed by atoms with Crippen molar-refractivity contribution >= 4 is 86.7 Å². The van der Waals surface area contributed by atoms with E-state index in [-0.39, 0.29) is 5.41 Å². The number of rotatable bonds is 12. The van der Waals surface area contributed by atoms with Crippen molar-refractivity contribution in [2.75, 3.05) is 0 Å². The number of benzene rings is 20. The molecule has 0 saturated carbocycles. The van der Waals surface area contributed by atoms with Crippen LogP contribution in [0, 0.1) is 13.8 Å². The molecule has 20 aromatic carbocycles. The van der Waals surface area contributed by atoms with E-state index in [1.165, 1.54) is 226 Å². The topological polar surface area (TPSA) is 9.86 Å². The minimum Gasteiger partial charge on any atom is -0.309 e. The minimum atomic E-state index is 0.144. The Bertz CT molecular complexity index is 7520. The number of nitrogens with zero attached hydrogens (tertiary/aromatic N) is 2. The number of aryl methyl sites for hydroxylation is 2. The van der Waals surface area contributed by atoms with Crippen LogP contribution in [-0.4, -0.2) is 9.13 Å². The van der Waals surface area contributed by atoms with Crippen LogP contribution in [-0.2, 0) is 5.41 Å². The molecule has 0 fully saturated rings. The third-order valence-electron chi connectivity index (χ3n) is 24.7. The van der Waals surface area contributed by atoms with E-state index in [0.29, 0.717) is 0 Å². The quantitative estimate of drug-likeness (QED) is 0.108. The number of para-hydroxylation sites is 4. The highest BCUT2D eigenvalue weighted by atomic mass is 15.0. The number of hydrogen-bond donors (Lipinski definition) is 0. The van der Waals surface area contributed by atoms with Crippen LogP contribution >= 0.6 is 0 Å². The molecule has 2 aromatic heterocycles. The third kappa shape index (κ3) is 13.2. The van der Waals surface area contributed by atoms with Crippen LogP contribution < -0.4 is 0 Å². The fraction of sp³-hybridized carbons (Fsp3) is 0.0508. The van der Waals surface area contributed by atoms with Gasteiger partial charge in [0.25, 0.3) is 0 Å². The van der Waals surface area contributed by atoms with Gasteiger partial charge in [-0.15, -0.1) is 0 Å². The molecule has 2 heterocycles. The number of fused-ring (bicyclic) bond motifs is 10. The van der Waals surface area contributed by atoms with E-state index in [4.69, 9.17) is 0 Å². The summed E-state index contributed by atoms with van der Waals surface area (Å²) in [5, 5.41) is 15.2. The van der Waals surface area contributed by atoms with Gasteiger partial charge in [-0.05, 0) is 240 Å². The number of hydrogen-bond acceptors (Lipinski definition) is 0. The molecule has 0 unspecified atom stereocenters. The van der Waals surface area contributed by atoms with Crippen LogP contribution in [0.15, 0.2) is 431 Å². The Morgan fingerprint density at radius 1 is 0.158 bits per heavy atom. The summed E-state index contributed by atoms with van der Waals surface area (Å²) in [7, 11) is 0. The van der Waals surface area contributed by atoms with Crippen molar-refractivity contribution < 1.29 is 0 Å². The fourth-order valence-corrected chi connectivity index (χ4v) is 18.9.